The average molecular weight is 511 g/mol. The van der Waals surface area contributed by atoms with Crippen molar-refractivity contribution in [2.75, 3.05) is 17.1 Å². The zero-order valence-corrected chi connectivity index (χ0v) is 21.0. The minimum Gasteiger partial charge on any atom is -0.465 e. The van der Waals surface area contributed by atoms with Gasteiger partial charge in [-0.2, -0.15) is 0 Å². The first kappa shape index (κ1) is 23.3. The van der Waals surface area contributed by atoms with Gasteiger partial charge in [-0.1, -0.05) is 60.7 Å². The molecular formula is C30H26N2O4S. The lowest BCUT2D eigenvalue weighted by Crippen LogP contribution is -2.29. The molecule has 0 amide bonds. The number of allylic oxidation sites excluding steroid dienone is 2. The van der Waals surface area contributed by atoms with Crippen molar-refractivity contribution >= 4 is 38.1 Å². The van der Waals surface area contributed by atoms with Gasteiger partial charge in [0.2, 0.25) is 0 Å². The van der Waals surface area contributed by atoms with Gasteiger partial charge in [-0.25, -0.2) is 13.2 Å². The number of carbonyl (C=O) groups is 1. The molecule has 37 heavy (non-hydrogen) atoms. The summed E-state index contributed by atoms with van der Waals surface area (Å²) in [6.45, 7) is 0. The standard InChI is InChI=1S/C30H26N2O4S/c1-36-30(33)21-14-12-20(13-15-21)29-25-10-5-9-24(25)26-18-22(16-17-27(26)31-29)37(34,35)32-28-11-4-7-19-6-2-3-8-23(19)28/h2-9,11-18,24-25,29,31-32H,10H2,1H3/t24-,25+,29+/m0/s1. The summed E-state index contributed by atoms with van der Waals surface area (Å²) in [6.07, 6.45) is 5.22. The first-order valence-electron chi connectivity index (χ1n) is 12.2. The molecular weight excluding hydrogens is 484 g/mol. The maximum absolute atomic E-state index is 13.4. The maximum atomic E-state index is 13.4. The normalized spacial score (nSPS) is 20.1. The number of esters is 1. The van der Waals surface area contributed by atoms with Crippen LogP contribution >= 0.6 is 0 Å². The summed E-state index contributed by atoms with van der Waals surface area (Å²) in [5.41, 5.74) is 4.03. The molecule has 1 aliphatic carbocycles. The number of nitrogens with one attached hydrogen (secondary N) is 2. The number of hydrogen-bond donors (Lipinski definition) is 2. The van der Waals surface area contributed by atoms with Gasteiger partial charge in [0.25, 0.3) is 10.0 Å². The number of benzene rings is 4. The molecule has 6 nitrogen and oxygen atoms in total. The van der Waals surface area contributed by atoms with E-state index in [2.05, 4.69) is 22.2 Å². The third-order valence-electron chi connectivity index (χ3n) is 7.37. The van der Waals surface area contributed by atoms with Crippen LogP contribution in [0, 0.1) is 5.92 Å². The average Bonchev–Trinajstić information content (AvgIpc) is 3.42. The molecule has 0 radical (unpaired) electrons. The van der Waals surface area contributed by atoms with Crippen molar-refractivity contribution in [1.29, 1.82) is 0 Å². The number of ether oxygens (including phenoxy) is 1. The number of sulfonamides is 1. The molecule has 0 fully saturated rings. The molecule has 0 spiro atoms. The minimum atomic E-state index is -3.79. The lowest BCUT2D eigenvalue weighted by Gasteiger charge is -2.37. The van der Waals surface area contributed by atoms with Gasteiger partial charge in [0, 0.05) is 17.0 Å². The van der Waals surface area contributed by atoms with E-state index >= 15 is 0 Å². The van der Waals surface area contributed by atoms with Crippen LogP contribution in [0.1, 0.15) is 39.9 Å². The summed E-state index contributed by atoms with van der Waals surface area (Å²) in [5, 5.41) is 5.46. The van der Waals surface area contributed by atoms with Crippen LogP contribution in [0.3, 0.4) is 0 Å². The Morgan fingerprint density at radius 1 is 0.973 bits per heavy atom. The Balaban J connectivity index is 1.32. The molecule has 4 aromatic carbocycles. The Labute approximate surface area is 216 Å². The number of carbonyl (C=O) groups excluding carboxylic acids is 1. The molecule has 4 aromatic rings. The highest BCUT2D eigenvalue weighted by atomic mass is 32.2. The predicted molar refractivity (Wildman–Crippen MR) is 145 cm³/mol. The monoisotopic (exact) mass is 510 g/mol. The van der Waals surface area contributed by atoms with Crippen LogP contribution in [-0.4, -0.2) is 21.5 Å². The molecule has 2 aliphatic rings. The van der Waals surface area contributed by atoms with Crippen LogP contribution in [0.4, 0.5) is 11.4 Å². The molecule has 0 saturated carbocycles. The molecule has 1 heterocycles. The maximum Gasteiger partial charge on any atom is 0.337 e. The zero-order valence-electron chi connectivity index (χ0n) is 20.2. The summed E-state index contributed by atoms with van der Waals surface area (Å²) in [5.74, 6) is -0.0329. The third-order valence-corrected chi connectivity index (χ3v) is 8.73. The number of fused-ring (bicyclic) bond motifs is 4. The van der Waals surface area contributed by atoms with E-state index in [0.717, 1.165) is 34.0 Å². The molecule has 186 valence electrons. The molecule has 6 rings (SSSR count). The van der Waals surface area contributed by atoms with E-state index in [9.17, 15) is 13.2 Å². The second kappa shape index (κ2) is 9.09. The highest BCUT2D eigenvalue weighted by Gasteiger charge is 2.38. The van der Waals surface area contributed by atoms with Crippen molar-refractivity contribution in [1.82, 2.24) is 0 Å². The molecule has 0 unspecified atom stereocenters. The molecule has 2 N–H and O–H groups in total. The van der Waals surface area contributed by atoms with Crippen LogP contribution in [0.25, 0.3) is 10.8 Å². The third kappa shape index (κ3) is 4.15. The Kier molecular flexibility index (Phi) is 5.72. The van der Waals surface area contributed by atoms with Crippen LogP contribution < -0.4 is 10.0 Å². The number of methoxy groups -OCH3 is 1. The lowest BCUT2D eigenvalue weighted by molar-refractivity contribution is 0.0600. The first-order valence-corrected chi connectivity index (χ1v) is 13.7. The van der Waals surface area contributed by atoms with E-state index in [1.165, 1.54) is 7.11 Å². The van der Waals surface area contributed by atoms with Gasteiger partial charge in [0.15, 0.2) is 0 Å². The summed E-state index contributed by atoms with van der Waals surface area (Å²) in [7, 11) is -2.42. The topological polar surface area (TPSA) is 84.5 Å². The molecule has 1 aliphatic heterocycles. The summed E-state index contributed by atoms with van der Waals surface area (Å²) < 4.78 is 34.5. The summed E-state index contributed by atoms with van der Waals surface area (Å²) in [4.78, 5) is 12.1. The predicted octanol–water partition coefficient (Wildman–Crippen LogP) is 6.25. The van der Waals surface area contributed by atoms with E-state index in [-0.39, 0.29) is 28.7 Å². The number of hydrogen-bond acceptors (Lipinski definition) is 5. The highest BCUT2D eigenvalue weighted by molar-refractivity contribution is 7.92. The van der Waals surface area contributed by atoms with Crippen molar-refractivity contribution in [3.63, 3.8) is 0 Å². The van der Waals surface area contributed by atoms with E-state index in [0.29, 0.717) is 11.3 Å². The first-order chi connectivity index (χ1) is 17.9. The largest absolute Gasteiger partial charge is 0.465 e. The fourth-order valence-corrected chi connectivity index (χ4v) is 6.65. The number of rotatable bonds is 5. The quantitative estimate of drug-likeness (QED) is 0.245. The smallest absolute Gasteiger partial charge is 0.337 e. The highest BCUT2D eigenvalue weighted by Crippen LogP contribution is 2.50. The van der Waals surface area contributed by atoms with Gasteiger partial charge in [0.05, 0.1) is 29.3 Å². The van der Waals surface area contributed by atoms with Crippen LogP contribution in [0.2, 0.25) is 0 Å². The van der Waals surface area contributed by atoms with Crippen LogP contribution in [0.5, 0.6) is 0 Å². The fourth-order valence-electron chi connectivity index (χ4n) is 5.53. The van der Waals surface area contributed by atoms with Gasteiger partial charge in [-0.15, -0.1) is 0 Å². The SMILES string of the molecule is COC(=O)c1ccc([C@H]2Nc3ccc(S(=O)(=O)Nc4cccc5ccccc45)cc3[C@H]3C=CC[C@H]32)cc1. The van der Waals surface area contributed by atoms with Crippen molar-refractivity contribution in [3.8, 4) is 0 Å². The van der Waals surface area contributed by atoms with E-state index in [1.807, 2.05) is 54.6 Å². The molecule has 0 bridgehead atoms. The summed E-state index contributed by atoms with van der Waals surface area (Å²) in [6, 6.07) is 26.1. The van der Waals surface area contributed by atoms with Crippen LogP contribution in [0.15, 0.2) is 102 Å². The fraction of sp³-hybridized carbons (Fsp3) is 0.167. The van der Waals surface area contributed by atoms with E-state index in [1.54, 1.807) is 30.3 Å². The van der Waals surface area contributed by atoms with Gasteiger partial charge in [-0.3, -0.25) is 4.72 Å². The van der Waals surface area contributed by atoms with Gasteiger partial charge < -0.3 is 10.1 Å². The van der Waals surface area contributed by atoms with Gasteiger partial charge >= 0.3 is 5.97 Å². The Hall–Kier alpha value is -4.10. The molecule has 0 aromatic heterocycles. The van der Waals surface area contributed by atoms with Gasteiger partial charge in [0.1, 0.15) is 0 Å². The Bertz CT molecular complexity index is 1640. The Morgan fingerprint density at radius 2 is 1.76 bits per heavy atom. The number of anilines is 2. The molecule has 0 saturated heterocycles. The Morgan fingerprint density at radius 3 is 2.57 bits per heavy atom. The lowest BCUT2D eigenvalue weighted by atomic mass is 9.77. The molecule has 7 heteroatoms. The summed E-state index contributed by atoms with van der Waals surface area (Å²) >= 11 is 0. The van der Waals surface area contributed by atoms with Gasteiger partial charge in [-0.05, 0) is 65.3 Å². The zero-order chi connectivity index (χ0) is 25.6. The minimum absolute atomic E-state index is 0.0375. The van der Waals surface area contributed by atoms with E-state index in [4.69, 9.17) is 4.74 Å². The molecule has 3 atom stereocenters. The van der Waals surface area contributed by atoms with Crippen molar-refractivity contribution in [3.05, 3.63) is 114 Å². The van der Waals surface area contributed by atoms with Crippen molar-refractivity contribution < 1.29 is 17.9 Å². The van der Waals surface area contributed by atoms with Crippen LogP contribution in [-0.2, 0) is 14.8 Å². The second-order valence-electron chi connectivity index (χ2n) is 9.47. The van der Waals surface area contributed by atoms with Crippen molar-refractivity contribution in [2.24, 2.45) is 5.92 Å². The van der Waals surface area contributed by atoms with Crippen molar-refractivity contribution in [2.45, 2.75) is 23.3 Å². The second-order valence-corrected chi connectivity index (χ2v) is 11.2. The van der Waals surface area contributed by atoms with E-state index < -0.39 is 10.0 Å².